The molecule has 0 heterocycles. The van der Waals surface area contributed by atoms with Crippen molar-refractivity contribution >= 4 is 41.4 Å². The Morgan fingerprint density at radius 1 is 0.714 bits per heavy atom. The SMILES string of the molecule is Cc1ccc([Si](OC(=O)CCCl)(c2ccc(C)cc2)c2ccc(C)cc2)cc1. The molecule has 0 saturated heterocycles. The van der Waals surface area contributed by atoms with Gasteiger partial charge >= 0.3 is 8.32 Å². The van der Waals surface area contributed by atoms with E-state index in [1.807, 2.05) is 0 Å². The molecule has 0 bridgehead atoms. The van der Waals surface area contributed by atoms with Crippen molar-refractivity contribution in [1.29, 1.82) is 0 Å². The fourth-order valence-corrected chi connectivity index (χ4v) is 7.20. The Kier molecular flexibility index (Phi) is 6.37. The first-order valence-electron chi connectivity index (χ1n) is 9.45. The molecule has 0 aromatic heterocycles. The number of carbonyl (C=O) groups is 1. The number of halogens is 1. The van der Waals surface area contributed by atoms with Gasteiger partial charge in [-0.05, 0) is 36.3 Å². The minimum atomic E-state index is -3.00. The van der Waals surface area contributed by atoms with Crippen LogP contribution in [0.2, 0.25) is 0 Å². The fourth-order valence-electron chi connectivity index (χ4n) is 3.34. The zero-order valence-electron chi connectivity index (χ0n) is 16.5. The standard InChI is InChI=1S/C24H25ClO2Si/c1-18-4-10-21(11-5-18)28(27-24(26)16-17-25,22-12-6-19(2)7-13-22)23-14-8-20(3)9-15-23/h4-15H,16-17H2,1-3H3. The van der Waals surface area contributed by atoms with E-state index < -0.39 is 8.32 Å². The summed E-state index contributed by atoms with van der Waals surface area (Å²) < 4.78 is 6.37. The third kappa shape index (κ3) is 4.21. The molecule has 3 rings (SSSR count). The van der Waals surface area contributed by atoms with E-state index in [0.717, 1.165) is 15.6 Å². The van der Waals surface area contributed by atoms with Crippen molar-refractivity contribution in [1.82, 2.24) is 0 Å². The van der Waals surface area contributed by atoms with Gasteiger partial charge in [0.05, 0.1) is 6.42 Å². The van der Waals surface area contributed by atoms with Gasteiger partial charge in [-0.1, -0.05) is 89.5 Å². The Balaban J connectivity index is 2.29. The van der Waals surface area contributed by atoms with Crippen LogP contribution in [0.5, 0.6) is 0 Å². The highest BCUT2D eigenvalue weighted by molar-refractivity contribution is 7.07. The Bertz CT molecular complexity index is 821. The molecule has 0 N–H and O–H groups in total. The summed E-state index contributed by atoms with van der Waals surface area (Å²) >= 11 is 5.84. The van der Waals surface area contributed by atoms with E-state index >= 15 is 0 Å². The molecule has 0 aliphatic carbocycles. The highest BCUT2D eigenvalue weighted by atomic mass is 35.5. The molecule has 144 valence electrons. The molecule has 0 fully saturated rings. The second kappa shape index (κ2) is 8.76. The molecular formula is C24H25ClO2Si. The second-order valence-electron chi connectivity index (χ2n) is 7.19. The number of rotatable bonds is 6. The van der Waals surface area contributed by atoms with Crippen molar-refractivity contribution in [2.45, 2.75) is 27.2 Å². The third-order valence-electron chi connectivity index (χ3n) is 4.94. The summed E-state index contributed by atoms with van der Waals surface area (Å²) in [5.41, 5.74) is 3.52. The summed E-state index contributed by atoms with van der Waals surface area (Å²) in [4.78, 5) is 12.7. The van der Waals surface area contributed by atoms with E-state index in [-0.39, 0.29) is 18.3 Å². The number of benzene rings is 3. The molecule has 0 aliphatic rings. The molecular weight excluding hydrogens is 384 g/mol. The number of carbonyl (C=O) groups excluding carboxylic acids is 1. The topological polar surface area (TPSA) is 26.3 Å². The lowest BCUT2D eigenvalue weighted by atomic mass is 10.2. The maximum atomic E-state index is 12.7. The fraction of sp³-hybridized carbons (Fsp3) is 0.208. The predicted molar refractivity (Wildman–Crippen MR) is 120 cm³/mol. The average molecular weight is 409 g/mol. The molecule has 3 aromatic rings. The summed E-state index contributed by atoms with van der Waals surface area (Å²) in [6.07, 6.45) is 0.194. The van der Waals surface area contributed by atoms with Crippen molar-refractivity contribution < 1.29 is 9.22 Å². The van der Waals surface area contributed by atoms with Crippen LogP contribution in [-0.2, 0) is 9.22 Å². The maximum absolute atomic E-state index is 12.7. The lowest BCUT2D eigenvalue weighted by molar-refractivity contribution is -0.134. The van der Waals surface area contributed by atoms with Crippen molar-refractivity contribution in [2.75, 3.05) is 5.88 Å². The second-order valence-corrected chi connectivity index (χ2v) is 10.9. The van der Waals surface area contributed by atoms with Crippen LogP contribution < -0.4 is 15.6 Å². The van der Waals surface area contributed by atoms with E-state index in [1.165, 1.54) is 16.7 Å². The number of aryl methyl sites for hydroxylation is 3. The van der Waals surface area contributed by atoms with Gasteiger partial charge in [-0.25, -0.2) is 0 Å². The molecule has 4 heteroatoms. The number of alkyl halides is 1. The number of hydrogen-bond donors (Lipinski definition) is 0. The molecule has 2 nitrogen and oxygen atoms in total. The normalized spacial score (nSPS) is 11.3. The first-order chi connectivity index (χ1) is 13.5. The average Bonchev–Trinajstić information content (AvgIpc) is 2.68. The van der Waals surface area contributed by atoms with Crippen LogP contribution in [0, 0.1) is 20.8 Å². The number of hydrogen-bond acceptors (Lipinski definition) is 2. The Hall–Kier alpha value is -2.36. The summed E-state index contributed by atoms with van der Waals surface area (Å²) in [5.74, 6) is -0.0117. The maximum Gasteiger partial charge on any atom is 0.350 e. The monoisotopic (exact) mass is 408 g/mol. The van der Waals surface area contributed by atoms with Gasteiger partial charge in [0.2, 0.25) is 0 Å². The minimum Gasteiger partial charge on any atom is -0.505 e. The smallest absolute Gasteiger partial charge is 0.350 e. The first-order valence-corrected chi connectivity index (χ1v) is 11.9. The predicted octanol–water partition coefficient (Wildman–Crippen LogP) is 3.75. The highest BCUT2D eigenvalue weighted by Gasteiger charge is 2.45. The van der Waals surface area contributed by atoms with Gasteiger partial charge in [0, 0.05) is 5.88 Å². The summed E-state index contributed by atoms with van der Waals surface area (Å²) in [5, 5.41) is 3.15. The Morgan fingerprint density at radius 2 is 1.04 bits per heavy atom. The summed E-state index contributed by atoms with van der Waals surface area (Å²) in [6.45, 7) is 6.18. The van der Waals surface area contributed by atoms with E-state index in [1.54, 1.807) is 0 Å². The van der Waals surface area contributed by atoms with E-state index in [9.17, 15) is 4.79 Å². The van der Waals surface area contributed by atoms with Gasteiger partial charge in [-0.2, -0.15) is 0 Å². The van der Waals surface area contributed by atoms with Crippen LogP contribution in [0.3, 0.4) is 0 Å². The molecule has 3 aromatic carbocycles. The van der Waals surface area contributed by atoms with Gasteiger partial charge in [-0.3, -0.25) is 4.79 Å². The third-order valence-corrected chi connectivity index (χ3v) is 9.10. The van der Waals surface area contributed by atoms with Gasteiger partial charge in [0.25, 0.3) is 5.97 Å². The zero-order chi connectivity index (χ0) is 20.1. The highest BCUT2D eigenvalue weighted by Crippen LogP contribution is 2.13. The van der Waals surface area contributed by atoms with Crippen molar-refractivity contribution in [3.8, 4) is 0 Å². The zero-order valence-corrected chi connectivity index (χ0v) is 18.3. The largest absolute Gasteiger partial charge is 0.505 e. The minimum absolute atomic E-state index is 0.194. The van der Waals surface area contributed by atoms with Crippen LogP contribution in [0.25, 0.3) is 0 Å². The molecule has 0 spiro atoms. The molecule has 0 saturated carbocycles. The molecule has 0 aliphatic heterocycles. The summed E-state index contributed by atoms with van der Waals surface area (Å²) in [6, 6.07) is 25.0. The van der Waals surface area contributed by atoms with Gasteiger partial charge < -0.3 is 4.43 Å². The van der Waals surface area contributed by atoms with Crippen molar-refractivity contribution in [3.63, 3.8) is 0 Å². The molecule has 0 amide bonds. The molecule has 0 radical (unpaired) electrons. The van der Waals surface area contributed by atoms with Crippen LogP contribution in [-0.4, -0.2) is 20.2 Å². The Morgan fingerprint density at radius 3 is 1.32 bits per heavy atom. The van der Waals surface area contributed by atoms with E-state index in [2.05, 4.69) is 93.6 Å². The summed E-state index contributed by atoms with van der Waals surface area (Å²) in [7, 11) is -3.00. The van der Waals surface area contributed by atoms with Crippen LogP contribution in [0.15, 0.2) is 72.8 Å². The molecule has 0 atom stereocenters. The van der Waals surface area contributed by atoms with Crippen LogP contribution in [0.1, 0.15) is 23.1 Å². The van der Waals surface area contributed by atoms with Crippen LogP contribution >= 0.6 is 11.6 Å². The van der Waals surface area contributed by atoms with Crippen LogP contribution in [0.4, 0.5) is 0 Å². The quantitative estimate of drug-likeness (QED) is 0.352. The Labute approximate surface area is 173 Å². The lowest BCUT2D eigenvalue weighted by Gasteiger charge is -2.32. The molecule has 28 heavy (non-hydrogen) atoms. The van der Waals surface area contributed by atoms with E-state index in [0.29, 0.717) is 0 Å². The van der Waals surface area contributed by atoms with Gasteiger partial charge in [0.15, 0.2) is 0 Å². The lowest BCUT2D eigenvalue weighted by Crippen LogP contribution is -2.70. The van der Waals surface area contributed by atoms with Crippen molar-refractivity contribution in [2.24, 2.45) is 0 Å². The van der Waals surface area contributed by atoms with Gasteiger partial charge in [0.1, 0.15) is 0 Å². The van der Waals surface area contributed by atoms with E-state index in [4.69, 9.17) is 16.0 Å². The van der Waals surface area contributed by atoms with Gasteiger partial charge in [-0.15, -0.1) is 11.6 Å². The van der Waals surface area contributed by atoms with Crippen molar-refractivity contribution in [3.05, 3.63) is 89.5 Å². The molecule has 0 unspecified atom stereocenters. The first kappa shape index (κ1) is 20.4.